The fourth-order valence-corrected chi connectivity index (χ4v) is 3.63. The Balaban J connectivity index is 1.36. The number of urea groups is 1. The van der Waals surface area contributed by atoms with Crippen LogP contribution in [0.2, 0.25) is 0 Å². The van der Waals surface area contributed by atoms with Crippen LogP contribution >= 0.6 is 0 Å². The van der Waals surface area contributed by atoms with Gasteiger partial charge in [-0.15, -0.1) is 5.10 Å². The molecule has 1 aromatic carbocycles. The van der Waals surface area contributed by atoms with Crippen molar-refractivity contribution in [3.8, 4) is 11.8 Å². The molecule has 1 aliphatic heterocycles. The number of fused-ring (bicyclic) bond motifs is 1. The highest BCUT2D eigenvalue weighted by atomic mass is 19.4. The fourth-order valence-electron chi connectivity index (χ4n) is 3.63. The Morgan fingerprint density at radius 1 is 1.03 bits per heavy atom. The minimum absolute atomic E-state index is 0.223. The number of halogens is 3. The van der Waals surface area contributed by atoms with E-state index in [1.807, 2.05) is 0 Å². The van der Waals surface area contributed by atoms with E-state index in [0.29, 0.717) is 28.3 Å². The first kappa shape index (κ1) is 24.4. The number of rotatable bonds is 2. The molecule has 4 heterocycles. The standard InChI is InChI=1S/C25H16F3N7O3/c26-25(27,28)23(36)38-22-14-20(16-5-2-1-3-6-16)35(33-22)24(37)32-18-10-12-29-17(13-18)8-9-19-15-30-21-7-4-11-31-34(19)21/h1-7,10-13,15,20H,14H2,(H,29,32,37)/t20-/m0/s1. The molecule has 0 radical (unpaired) electrons. The average molecular weight is 519 g/mol. The van der Waals surface area contributed by atoms with Crippen molar-refractivity contribution in [1.29, 1.82) is 0 Å². The molecule has 5 rings (SSSR count). The number of benzene rings is 1. The maximum absolute atomic E-state index is 13.1. The first-order valence-electron chi connectivity index (χ1n) is 11.1. The van der Waals surface area contributed by atoms with Crippen molar-refractivity contribution in [3.63, 3.8) is 0 Å². The van der Waals surface area contributed by atoms with Crippen LogP contribution in [0.4, 0.5) is 23.7 Å². The number of esters is 1. The molecular weight excluding hydrogens is 503 g/mol. The smallest absolute Gasteiger partial charge is 0.403 e. The number of aromatic nitrogens is 4. The number of pyridine rings is 1. The molecule has 1 N–H and O–H groups in total. The monoisotopic (exact) mass is 519 g/mol. The van der Waals surface area contributed by atoms with Gasteiger partial charge in [0.25, 0.3) is 0 Å². The molecule has 0 saturated carbocycles. The van der Waals surface area contributed by atoms with Gasteiger partial charge < -0.3 is 10.1 Å². The number of nitrogens with one attached hydrogen (secondary N) is 1. The number of hydrogen-bond acceptors (Lipinski definition) is 7. The third kappa shape index (κ3) is 5.29. The number of imidazole rings is 1. The molecule has 190 valence electrons. The topological polar surface area (TPSA) is 114 Å². The molecule has 4 aromatic rings. The number of hydrogen-bond donors (Lipinski definition) is 1. The summed E-state index contributed by atoms with van der Waals surface area (Å²) in [6.07, 6.45) is -0.814. The second-order valence-electron chi connectivity index (χ2n) is 7.90. The van der Waals surface area contributed by atoms with Gasteiger partial charge in [-0.05, 0) is 41.7 Å². The van der Waals surface area contributed by atoms with Crippen LogP contribution in [0, 0.1) is 11.8 Å². The summed E-state index contributed by atoms with van der Waals surface area (Å²) in [7, 11) is 0. The number of carbonyl (C=O) groups is 2. The maximum atomic E-state index is 13.1. The second-order valence-corrected chi connectivity index (χ2v) is 7.90. The molecular formula is C25H16F3N7O3. The Hall–Kier alpha value is -5.25. The van der Waals surface area contributed by atoms with Gasteiger partial charge in [0.2, 0.25) is 5.90 Å². The number of amides is 2. The predicted molar refractivity (Wildman–Crippen MR) is 127 cm³/mol. The number of nitrogens with zero attached hydrogens (tertiary/aromatic N) is 6. The van der Waals surface area contributed by atoms with E-state index >= 15 is 0 Å². The first-order chi connectivity index (χ1) is 18.3. The van der Waals surface area contributed by atoms with Crippen molar-refractivity contribution in [2.24, 2.45) is 5.10 Å². The van der Waals surface area contributed by atoms with Crippen LogP contribution in [0.25, 0.3) is 5.65 Å². The van der Waals surface area contributed by atoms with Crippen LogP contribution in [0.3, 0.4) is 0 Å². The van der Waals surface area contributed by atoms with E-state index in [1.165, 1.54) is 18.3 Å². The Morgan fingerprint density at radius 3 is 2.63 bits per heavy atom. The van der Waals surface area contributed by atoms with Crippen LogP contribution in [-0.4, -0.2) is 48.7 Å². The molecule has 0 fully saturated rings. The van der Waals surface area contributed by atoms with Crippen LogP contribution in [0.1, 0.15) is 29.4 Å². The van der Waals surface area contributed by atoms with Crippen molar-refractivity contribution >= 4 is 29.2 Å². The quantitative estimate of drug-likeness (QED) is 0.317. The van der Waals surface area contributed by atoms with Gasteiger partial charge in [-0.2, -0.15) is 18.3 Å². The zero-order chi connectivity index (χ0) is 26.7. The van der Waals surface area contributed by atoms with Gasteiger partial charge in [-0.25, -0.2) is 29.1 Å². The largest absolute Gasteiger partial charge is 0.491 e. The summed E-state index contributed by atoms with van der Waals surface area (Å²) in [6.45, 7) is 0. The van der Waals surface area contributed by atoms with Gasteiger partial charge in [0.05, 0.1) is 18.7 Å². The molecule has 0 unspecified atom stereocenters. The molecule has 38 heavy (non-hydrogen) atoms. The molecule has 2 amide bonds. The molecule has 10 nitrogen and oxygen atoms in total. The molecule has 3 aromatic heterocycles. The molecule has 1 atom stereocenters. The van der Waals surface area contributed by atoms with E-state index < -0.39 is 30.1 Å². The second kappa shape index (κ2) is 10.0. The fraction of sp³-hybridized carbons (Fsp3) is 0.120. The van der Waals surface area contributed by atoms with Crippen molar-refractivity contribution in [2.45, 2.75) is 18.6 Å². The Kier molecular flexibility index (Phi) is 6.44. The number of alkyl halides is 3. The molecule has 0 bridgehead atoms. The molecule has 13 heteroatoms. The maximum Gasteiger partial charge on any atom is 0.491 e. The third-order valence-electron chi connectivity index (χ3n) is 5.32. The number of hydrazone groups is 1. The minimum Gasteiger partial charge on any atom is -0.403 e. The van der Waals surface area contributed by atoms with Gasteiger partial charge in [0.1, 0.15) is 11.4 Å². The van der Waals surface area contributed by atoms with E-state index in [4.69, 9.17) is 0 Å². The van der Waals surface area contributed by atoms with Crippen molar-refractivity contribution in [3.05, 3.63) is 90.1 Å². The van der Waals surface area contributed by atoms with E-state index in [0.717, 1.165) is 5.01 Å². The number of anilines is 1. The Bertz CT molecular complexity index is 1610. The van der Waals surface area contributed by atoms with Crippen molar-refractivity contribution in [1.82, 2.24) is 24.6 Å². The molecule has 0 spiro atoms. The predicted octanol–water partition coefficient (Wildman–Crippen LogP) is 3.92. The third-order valence-corrected chi connectivity index (χ3v) is 5.32. The highest BCUT2D eigenvalue weighted by Gasteiger charge is 2.44. The highest BCUT2D eigenvalue weighted by Crippen LogP contribution is 2.32. The van der Waals surface area contributed by atoms with Crippen molar-refractivity contribution < 1.29 is 27.5 Å². The van der Waals surface area contributed by atoms with Crippen LogP contribution < -0.4 is 5.32 Å². The average Bonchev–Trinajstić information content (AvgIpc) is 3.52. The summed E-state index contributed by atoms with van der Waals surface area (Å²) in [5.41, 5.74) is 2.40. The van der Waals surface area contributed by atoms with Gasteiger partial charge in [0, 0.05) is 18.1 Å². The summed E-state index contributed by atoms with van der Waals surface area (Å²) < 4.78 is 44.0. The Labute approximate surface area is 212 Å². The van der Waals surface area contributed by atoms with E-state index in [9.17, 15) is 22.8 Å². The lowest BCUT2D eigenvalue weighted by molar-refractivity contribution is -0.191. The first-order valence-corrected chi connectivity index (χ1v) is 11.1. The Morgan fingerprint density at radius 2 is 1.84 bits per heavy atom. The molecule has 0 saturated heterocycles. The zero-order valence-electron chi connectivity index (χ0n) is 19.3. The van der Waals surface area contributed by atoms with Gasteiger partial charge >= 0.3 is 18.2 Å². The SMILES string of the molecule is O=C(Nc1ccnc(C#Cc2cnc3cccnn23)c1)N1N=C(OC(=O)C(F)(F)F)C[C@H]1c1ccccc1. The molecule has 0 aliphatic carbocycles. The summed E-state index contributed by atoms with van der Waals surface area (Å²) in [4.78, 5) is 32.8. The summed E-state index contributed by atoms with van der Waals surface area (Å²) in [5.74, 6) is 2.86. The lowest BCUT2D eigenvalue weighted by atomic mass is 10.0. The van der Waals surface area contributed by atoms with Gasteiger partial charge in [-0.1, -0.05) is 30.3 Å². The van der Waals surface area contributed by atoms with E-state index in [2.05, 4.69) is 42.1 Å². The van der Waals surface area contributed by atoms with E-state index in [1.54, 1.807) is 59.4 Å². The minimum atomic E-state index is -5.20. The lowest BCUT2D eigenvalue weighted by Gasteiger charge is -2.21. The number of ether oxygens (including phenoxy) is 1. The van der Waals surface area contributed by atoms with Gasteiger partial charge in [0.15, 0.2) is 5.65 Å². The summed E-state index contributed by atoms with van der Waals surface area (Å²) in [6, 6.07) is 13.5. The highest BCUT2D eigenvalue weighted by molar-refractivity contribution is 5.96. The molecule has 1 aliphatic rings. The van der Waals surface area contributed by atoms with Crippen LogP contribution in [0.15, 0.2) is 78.3 Å². The summed E-state index contributed by atoms with van der Waals surface area (Å²) in [5, 5.41) is 11.6. The van der Waals surface area contributed by atoms with Crippen molar-refractivity contribution in [2.75, 3.05) is 5.32 Å². The van der Waals surface area contributed by atoms with Gasteiger partial charge in [-0.3, -0.25) is 0 Å². The van der Waals surface area contributed by atoms with Crippen LogP contribution in [-0.2, 0) is 9.53 Å². The van der Waals surface area contributed by atoms with Crippen LogP contribution in [0.5, 0.6) is 0 Å². The number of carbonyl (C=O) groups excluding carboxylic acids is 2. The zero-order valence-corrected chi connectivity index (χ0v) is 19.3. The lowest BCUT2D eigenvalue weighted by Crippen LogP contribution is -2.31. The van der Waals surface area contributed by atoms with E-state index in [-0.39, 0.29) is 6.42 Å². The normalized spacial score (nSPS) is 15.0. The summed E-state index contributed by atoms with van der Waals surface area (Å²) >= 11 is 0.